The molecule has 1 saturated carbocycles. The summed E-state index contributed by atoms with van der Waals surface area (Å²) in [6.07, 6.45) is 0.962. The molecule has 2 unspecified atom stereocenters. The van der Waals surface area contributed by atoms with Gasteiger partial charge >= 0.3 is 0 Å². The van der Waals surface area contributed by atoms with Gasteiger partial charge in [0.2, 0.25) is 11.6 Å². The van der Waals surface area contributed by atoms with E-state index in [0.717, 1.165) is 6.42 Å². The number of halogens is 4. The van der Waals surface area contributed by atoms with Crippen molar-refractivity contribution in [2.24, 2.45) is 11.8 Å². The number of hydrogen-bond donors (Lipinski definition) is 0. The lowest BCUT2D eigenvalue weighted by molar-refractivity contribution is 0.406. The molecule has 0 spiro atoms. The Hall–Kier alpha value is -1.33. The third kappa shape index (κ3) is 2.21. The van der Waals surface area contributed by atoms with Crippen LogP contribution >= 0.6 is 0 Å². The maximum absolute atomic E-state index is 13.4. The minimum atomic E-state index is -1.62. The monoisotopic (exact) mass is 248 g/mol. The highest BCUT2D eigenvalue weighted by molar-refractivity contribution is 5.47. The van der Waals surface area contributed by atoms with E-state index in [9.17, 15) is 17.6 Å². The van der Waals surface area contributed by atoms with Crippen molar-refractivity contribution in [1.29, 1.82) is 0 Å². The van der Waals surface area contributed by atoms with Crippen molar-refractivity contribution in [3.8, 4) is 0 Å². The SMILES string of the molecule is CC1CC1CN(C)c1c(F)c(F)nc(F)c1F. The van der Waals surface area contributed by atoms with E-state index in [1.165, 1.54) is 11.9 Å². The van der Waals surface area contributed by atoms with Gasteiger partial charge in [-0.2, -0.15) is 22.5 Å². The van der Waals surface area contributed by atoms with Crippen molar-refractivity contribution < 1.29 is 17.6 Å². The van der Waals surface area contributed by atoms with Crippen molar-refractivity contribution >= 4 is 5.69 Å². The summed E-state index contributed by atoms with van der Waals surface area (Å²) >= 11 is 0. The van der Waals surface area contributed by atoms with Crippen LogP contribution in [-0.2, 0) is 0 Å². The second kappa shape index (κ2) is 4.16. The molecule has 1 aliphatic carbocycles. The normalized spacial score (nSPS) is 22.7. The third-order valence-electron chi connectivity index (χ3n) is 3.14. The van der Waals surface area contributed by atoms with Gasteiger partial charge in [0.25, 0.3) is 11.9 Å². The summed E-state index contributed by atoms with van der Waals surface area (Å²) < 4.78 is 52.5. The molecule has 94 valence electrons. The second-order valence-electron chi connectivity index (χ2n) is 4.52. The van der Waals surface area contributed by atoms with Crippen LogP contribution in [0.2, 0.25) is 0 Å². The molecule has 1 aliphatic rings. The van der Waals surface area contributed by atoms with Crippen molar-refractivity contribution in [2.45, 2.75) is 13.3 Å². The Balaban J connectivity index is 2.29. The van der Waals surface area contributed by atoms with E-state index in [1.807, 2.05) is 6.92 Å². The van der Waals surface area contributed by atoms with Crippen LogP contribution in [0.4, 0.5) is 23.2 Å². The van der Waals surface area contributed by atoms with Gasteiger partial charge in [0, 0.05) is 13.6 Å². The Labute approximate surface area is 96.3 Å². The highest BCUT2D eigenvalue weighted by atomic mass is 19.2. The molecule has 0 saturated heterocycles. The minimum absolute atomic E-state index is 0.318. The van der Waals surface area contributed by atoms with E-state index >= 15 is 0 Å². The summed E-state index contributed by atoms with van der Waals surface area (Å²) in [5, 5.41) is 0. The van der Waals surface area contributed by atoms with E-state index in [-0.39, 0.29) is 0 Å². The summed E-state index contributed by atoms with van der Waals surface area (Å²) in [6.45, 7) is 2.39. The molecule has 0 amide bonds. The van der Waals surface area contributed by atoms with Crippen LogP contribution in [0.15, 0.2) is 0 Å². The number of rotatable bonds is 3. The number of aromatic nitrogens is 1. The van der Waals surface area contributed by atoms with Gasteiger partial charge < -0.3 is 4.90 Å². The Kier molecular flexibility index (Phi) is 2.97. The maximum Gasteiger partial charge on any atom is 0.253 e. The van der Waals surface area contributed by atoms with Gasteiger partial charge in [0.05, 0.1) is 0 Å². The fourth-order valence-corrected chi connectivity index (χ4v) is 1.91. The van der Waals surface area contributed by atoms with Crippen molar-refractivity contribution in [3.05, 3.63) is 23.5 Å². The average molecular weight is 248 g/mol. The molecule has 0 bridgehead atoms. The first-order chi connectivity index (χ1) is 7.91. The number of anilines is 1. The van der Waals surface area contributed by atoms with Gasteiger partial charge in [-0.3, -0.25) is 0 Å². The molecule has 2 rings (SSSR count). The lowest BCUT2D eigenvalue weighted by Gasteiger charge is -2.20. The Morgan fingerprint density at radius 2 is 1.65 bits per heavy atom. The molecule has 2 nitrogen and oxygen atoms in total. The number of pyridine rings is 1. The zero-order valence-electron chi connectivity index (χ0n) is 9.48. The maximum atomic E-state index is 13.4. The Bertz CT molecular complexity index is 423. The molecule has 1 fully saturated rings. The molecule has 1 heterocycles. The summed E-state index contributed by atoms with van der Waals surface area (Å²) in [7, 11) is 1.41. The zero-order chi connectivity index (χ0) is 12.7. The van der Waals surface area contributed by atoms with Crippen LogP contribution in [0.1, 0.15) is 13.3 Å². The topological polar surface area (TPSA) is 16.1 Å². The number of nitrogens with zero attached hydrogens (tertiary/aromatic N) is 2. The molecular weight excluding hydrogens is 236 g/mol. The molecule has 6 heteroatoms. The lowest BCUT2D eigenvalue weighted by atomic mass is 10.2. The molecule has 0 N–H and O–H groups in total. The van der Waals surface area contributed by atoms with E-state index in [2.05, 4.69) is 4.98 Å². The average Bonchev–Trinajstić information content (AvgIpc) is 2.91. The fourth-order valence-electron chi connectivity index (χ4n) is 1.91. The van der Waals surface area contributed by atoms with Gasteiger partial charge in [-0.25, -0.2) is 0 Å². The molecule has 0 aliphatic heterocycles. The van der Waals surface area contributed by atoms with Crippen molar-refractivity contribution in [2.75, 3.05) is 18.5 Å². The third-order valence-corrected chi connectivity index (χ3v) is 3.14. The van der Waals surface area contributed by atoms with E-state index in [0.29, 0.717) is 18.4 Å². The minimum Gasteiger partial charge on any atom is -0.369 e. The molecule has 1 aromatic heterocycles. The van der Waals surface area contributed by atoms with Crippen LogP contribution in [-0.4, -0.2) is 18.6 Å². The first-order valence-electron chi connectivity index (χ1n) is 5.33. The van der Waals surface area contributed by atoms with E-state index < -0.39 is 29.2 Å². The summed E-state index contributed by atoms with van der Waals surface area (Å²) in [5.74, 6) is -5.32. The first-order valence-corrected chi connectivity index (χ1v) is 5.33. The molecule has 0 aromatic carbocycles. The highest BCUT2D eigenvalue weighted by Gasteiger charge is 2.35. The number of hydrogen-bond acceptors (Lipinski definition) is 2. The molecular formula is C11H12F4N2. The predicted molar refractivity (Wildman–Crippen MR) is 54.6 cm³/mol. The highest BCUT2D eigenvalue weighted by Crippen LogP contribution is 2.39. The Morgan fingerprint density at radius 1 is 1.18 bits per heavy atom. The lowest BCUT2D eigenvalue weighted by Crippen LogP contribution is -2.24. The van der Waals surface area contributed by atoms with Gasteiger partial charge in [0.15, 0.2) is 0 Å². The smallest absolute Gasteiger partial charge is 0.253 e. The quantitative estimate of drug-likeness (QED) is 0.604. The van der Waals surface area contributed by atoms with Crippen LogP contribution in [0.5, 0.6) is 0 Å². The van der Waals surface area contributed by atoms with E-state index in [4.69, 9.17) is 0 Å². The summed E-state index contributed by atoms with van der Waals surface area (Å²) in [5.41, 5.74) is -0.686. The van der Waals surface area contributed by atoms with Gasteiger partial charge in [-0.15, -0.1) is 0 Å². The van der Waals surface area contributed by atoms with Gasteiger partial charge in [-0.05, 0) is 18.3 Å². The van der Waals surface area contributed by atoms with Crippen LogP contribution in [0.3, 0.4) is 0 Å². The van der Waals surface area contributed by atoms with E-state index in [1.54, 1.807) is 0 Å². The van der Waals surface area contributed by atoms with Crippen LogP contribution in [0.25, 0.3) is 0 Å². The fraction of sp³-hybridized carbons (Fsp3) is 0.545. The standard InChI is InChI=1S/C11H12F4N2/c1-5-3-6(5)4-17(2)9-7(12)10(14)16-11(15)8(9)13/h5-6H,3-4H2,1-2H3. The first kappa shape index (κ1) is 12.1. The largest absolute Gasteiger partial charge is 0.369 e. The Morgan fingerprint density at radius 3 is 2.06 bits per heavy atom. The molecule has 1 aromatic rings. The molecule has 0 radical (unpaired) electrons. The molecule has 17 heavy (non-hydrogen) atoms. The van der Waals surface area contributed by atoms with Crippen molar-refractivity contribution in [3.63, 3.8) is 0 Å². The van der Waals surface area contributed by atoms with Gasteiger partial charge in [0.1, 0.15) is 5.69 Å². The van der Waals surface area contributed by atoms with Gasteiger partial charge in [-0.1, -0.05) is 6.92 Å². The molecule has 2 atom stereocenters. The van der Waals surface area contributed by atoms with Crippen molar-refractivity contribution in [1.82, 2.24) is 4.98 Å². The van der Waals surface area contributed by atoms with Crippen LogP contribution in [0, 0.1) is 35.4 Å². The summed E-state index contributed by atoms with van der Waals surface area (Å²) in [6, 6.07) is 0. The van der Waals surface area contributed by atoms with Crippen LogP contribution < -0.4 is 4.90 Å². The summed E-state index contributed by atoms with van der Waals surface area (Å²) in [4.78, 5) is 3.72. The zero-order valence-corrected chi connectivity index (χ0v) is 9.48. The second-order valence-corrected chi connectivity index (χ2v) is 4.52. The predicted octanol–water partition coefficient (Wildman–Crippen LogP) is 2.73.